The second kappa shape index (κ2) is 6.30. The molecule has 1 saturated heterocycles. The number of carbonyl (C=O) groups excluding carboxylic acids is 1. The zero-order valence-corrected chi connectivity index (χ0v) is 13.0. The lowest BCUT2D eigenvalue weighted by atomic mass is 10.0. The predicted octanol–water partition coefficient (Wildman–Crippen LogP) is 2.00. The monoisotopic (exact) mass is 316 g/mol. The molecular formula is C15H16N4O2S. The van der Waals surface area contributed by atoms with Gasteiger partial charge in [-0.3, -0.25) is 4.79 Å². The van der Waals surface area contributed by atoms with Crippen LogP contribution in [0.25, 0.3) is 0 Å². The highest BCUT2D eigenvalue weighted by atomic mass is 32.1. The van der Waals surface area contributed by atoms with Crippen LogP contribution in [0.3, 0.4) is 0 Å². The maximum absolute atomic E-state index is 12.3. The Morgan fingerprint density at radius 3 is 3.23 bits per heavy atom. The van der Waals surface area contributed by atoms with Crippen molar-refractivity contribution < 1.29 is 9.53 Å². The SMILES string of the molecule is Cn1cncc1[C@@H]1C[C@H](NC(=O)c2sccc2C#N)CCO1. The Hall–Kier alpha value is -2.17. The Morgan fingerprint density at radius 1 is 1.64 bits per heavy atom. The number of aryl methyl sites for hydroxylation is 1. The maximum atomic E-state index is 12.3. The smallest absolute Gasteiger partial charge is 0.262 e. The normalized spacial score (nSPS) is 21.3. The lowest BCUT2D eigenvalue weighted by Crippen LogP contribution is -2.40. The van der Waals surface area contributed by atoms with Gasteiger partial charge < -0.3 is 14.6 Å². The van der Waals surface area contributed by atoms with E-state index in [-0.39, 0.29) is 18.1 Å². The van der Waals surface area contributed by atoms with Crippen molar-refractivity contribution in [2.75, 3.05) is 6.61 Å². The van der Waals surface area contributed by atoms with E-state index in [4.69, 9.17) is 10.00 Å². The van der Waals surface area contributed by atoms with Crippen LogP contribution in [0.5, 0.6) is 0 Å². The van der Waals surface area contributed by atoms with Crippen molar-refractivity contribution in [3.05, 3.63) is 40.1 Å². The van der Waals surface area contributed by atoms with Crippen molar-refractivity contribution in [2.24, 2.45) is 7.05 Å². The number of nitrogens with zero attached hydrogens (tertiary/aromatic N) is 3. The van der Waals surface area contributed by atoms with Crippen molar-refractivity contribution in [3.63, 3.8) is 0 Å². The van der Waals surface area contributed by atoms with Crippen LogP contribution in [0.1, 0.15) is 39.9 Å². The minimum absolute atomic E-state index is 0.0368. The number of hydrogen-bond acceptors (Lipinski definition) is 5. The summed E-state index contributed by atoms with van der Waals surface area (Å²) >= 11 is 1.29. The fourth-order valence-electron chi connectivity index (χ4n) is 2.64. The highest BCUT2D eigenvalue weighted by Gasteiger charge is 2.27. The van der Waals surface area contributed by atoms with Crippen LogP contribution in [0, 0.1) is 11.3 Å². The van der Waals surface area contributed by atoms with E-state index in [1.54, 1.807) is 24.0 Å². The van der Waals surface area contributed by atoms with Gasteiger partial charge in [0.2, 0.25) is 0 Å². The summed E-state index contributed by atoms with van der Waals surface area (Å²) in [6, 6.07) is 3.75. The number of thiophene rings is 1. The molecule has 0 bridgehead atoms. The molecule has 0 unspecified atom stereocenters. The van der Waals surface area contributed by atoms with Gasteiger partial charge in [0.05, 0.1) is 23.8 Å². The Labute approximate surface area is 132 Å². The first-order chi connectivity index (χ1) is 10.7. The molecule has 1 fully saturated rings. The summed E-state index contributed by atoms with van der Waals surface area (Å²) in [5, 5.41) is 13.8. The van der Waals surface area contributed by atoms with Crippen LogP contribution in [0.15, 0.2) is 24.0 Å². The van der Waals surface area contributed by atoms with Crippen molar-refractivity contribution in [1.82, 2.24) is 14.9 Å². The molecule has 0 radical (unpaired) electrons. The van der Waals surface area contributed by atoms with Gasteiger partial charge in [-0.05, 0) is 24.3 Å². The van der Waals surface area contributed by atoms with Gasteiger partial charge in [-0.15, -0.1) is 11.3 Å². The van der Waals surface area contributed by atoms with E-state index < -0.39 is 0 Å². The van der Waals surface area contributed by atoms with Gasteiger partial charge in [-0.2, -0.15) is 5.26 Å². The Kier molecular flexibility index (Phi) is 4.22. The Bertz CT molecular complexity index is 715. The maximum Gasteiger partial charge on any atom is 0.262 e. The van der Waals surface area contributed by atoms with E-state index in [1.165, 1.54) is 11.3 Å². The number of nitriles is 1. The van der Waals surface area contributed by atoms with E-state index in [1.807, 2.05) is 17.7 Å². The molecule has 2 aromatic rings. The van der Waals surface area contributed by atoms with Gasteiger partial charge in [-0.25, -0.2) is 4.98 Å². The standard InChI is InChI=1S/C15H16N4O2S/c1-19-9-17-8-12(19)13-6-11(2-4-21-13)18-15(20)14-10(7-16)3-5-22-14/h3,5,8-9,11,13H,2,4,6H2,1H3,(H,18,20)/t11-,13+/m1/s1. The first kappa shape index (κ1) is 14.8. The molecule has 0 saturated carbocycles. The van der Waals surface area contributed by atoms with E-state index in [9.17, 15) is 4.79 Å². The van der Waals surface area contributed by atoms with Crippen LogP contribution in [-0.4, -0.2) is 28.1 Å². The molecule has 2 aromatic heterocycles. The number of carbonyl (C=O) groups is 1. The molecule has 1 amide bonds. The summed E-state index contributed by atoms with van der Waals surface area (Å²) in [6.45, 7) is 0.594. The Balaban J connectivity index is 1.67. The van der Waals surface area contributed by atoms with Crippen LogP contribution >= 0.6 is 11.3 Å². The summed E-state index contributed by atoms with van der Waals surface area (Å²) in [7, 11) is 1.93. The van der Waals surface area contributed by atoms with Crippen LogP contribution in [0.2, 0.25) is 0 Å². The minimum Gasteiger partial charge on any atom is -0.372 e. The van der Waals surface area contributed by atoms with Crippen molar-refractivity contribution >= 4 is 17.2 Å². The third kappa shape index (κ3) is 2.89. The highest BCUT2D eigenvalue weighted by molar-refractivity contribution is 7.12. The molecule has 22 heavy (non-hydrogen) atoms. The quantitative estimate of drug-likeness (QED) is 0.939. The molecule has 114 valence electrons. The zero-order chi connectivity index (χ0) is 15.5. The summed E-state index contributed by atoms with van der Waals surface area (Å²) in [4.78, 5) is 16.9. The zero-order valence-electron chi connectivity index (χ0n) is 12.2. The first-order valence-electron chi connectivity index (χ1n) is 7.05. The molecule has 2 atom stereocenters. The third-order valence-corrected chi connectivity index (χ3v) is 4.71. The molecular weight excluding hydrogens is 300 g/mol. The fourth-order valence-corrected chi connectivity index (χ4v) is 3.38. The van der Waals surface area contributed by atoms with Gasteiger partial charge >= 0.3 is 0 Å². The van der Waals surface area contributed by atoms with Crippen LogP contribution < -0.4 is 5.32 Å². The van der Waals surface area contributed by atoms with E-state index in [2.05, 4.69) is 10.3 Å². The van der Waals surface area contributed by atoms with E-state index >= 15 is 0 Å². The predicted molar refractivity (Wildman–Crippen MR) is 81.4 cm³/mol. The second-order valence-electron chi connectivity index (χ2n) is 5.26. The lowest BCUT2D eigenvalue weighted by molar-refractivity contribution is -0.00298. The van der Waals surface area contributed by atoms with E-state index in [0.29, 0.717) is 23.5 Å². The van der Waals surface area contributed by atoms with Gasteiger partial charge in [0.25, 0.3) is 5.91 Å². The topological polar surface area (TPSA) is 79.9 Å². The highest BCUT2D eigenvalue weighted by Crippen LogP contribution is 2.28. The fraction of sp³-hybridized carbons (Fsp3) is 0.400. The average molecular weight is 316 g/mol. The first-order valence-corrected chi connectivity index (χ1v) is 7.93. The van der Waals surface area contributed by atoms with Crippen molar-refractivity contribution in [3.8, 4) is 6.07 Å². The van der Waals surface area contributed by atoms with Gasteiger partial charge in [0, 0.05) is 19.7 Å². The summed E-state index contributed by atoms with van der Waals surface area (Å²) in [6.07, 6.45) is 4.95. The van der Waals surface area contributed by atoms with Gasteiger partial charge in [0.1, 0.15) is 17.1 Å². The molecule has 1 aliphatic heterocycles. The molecule has 6 nitrogen and oxygen atoms in total. The third-order valence-electron chi connectivity index (χ3n) is 3.79. The number of aromatic nitrogens is 2. The average Bonchev–Trinajstić information content (AvgIpc) is 3.15. The molecule has 0 spiro atoms. The molecule has 1 aliphatic rings. The molecule has 0 aromatic carbocycles. The van der Waals surface area contributed by atoms with Gasteiger partial charge in [0.15, 0.2) is 0 Å². The molecule has 3 rings (SSSR count). The summed E-state index contributed by atoms with van der Waals surface area (Å²) < 4.78 is 7.72. The largest absolute Gasteiger partial charge is 0.372 e. The second-order valence-corrected chi connectivity index (χ2v) is 6.17. The number of rotatable bonds is 3. The summed E-state index contributed by atoms with van der Waals surface area (Å²) in [5.41, 5.74) is 1.44. The van der Waals surface area contributed by atoms with Crippen LogP contribution in [0.4, 0.5) is 0 Å². The van der Waals surface area contributed by atoms with Crippen molar-refractivity contribution in [1.29, 1.82) is 5.26 Å². The number of ether oxygens (including phenoxy) is 1. The molecule has 0 aliphatic carbocycles. The lowest BCUT2D eigenvalue weighted by Gasteiger charge is -2.30. The van der Waals surface area contributed by atoms with Gasteiger partial charge in [-0.1, -0.05) is 0 Å². The Morgan fingerprint density at radius 2 is 2.50 bits per heavy atom. The molecule has 1 N–H and O–H groups in total. The summed E-state index contributed by atoms with van der Waals surface area (Å²) in [5.74, 6) is -0.179. The van der Waals surface area contributed by atoms with E-state index in [0.717, 1.165) is 12.1 Å². The van der Waals surface area contributed by atoms with Crippen LogP contribution in [-0.2, 0) is 11.8 Å². The molecule has 3 heterocycles. The number of amides is 1. The minimum atomic E-state index is -0.179. The molecule has 7 heteroatoms. The number of hydrogen-bond donors (Lipinski definition) is 1. The van der Waals surface area contributed by atoms with Crippen molar-refractivity contribution in [2.45, 2.75) is 25.0 Å². The number of imidazole rings is 1. The number of nitrogens with one attached hydrogen (secondary N) is 1.